The first-order valence-corrected chi connectivity index (χ1v) is 9.54. The lowest BCUT2D eigenvalue weighted by molar-refractivity contribution is 0.269. The van der Waals surface area contributed by atoms with Crippen molar-refractivity contribution in [1.82, 2.24) is 9.62 Å². The summed E-state index contributed by atoms with van der Waals surface area (Å²) < 4.78 is 27.4. The summed E-state index contributed by atoms with van der Waals surface area (Å²) in [6.45, 7) is 6.01. The van der Waals surface area contributed by atoms with Crippen LogP contribution in [0.5, 0.6) is 0 Å². The number of rotatable bonds is 5. The van der Waals surface area contributed by atoms with Gasteiger partial charge in [-0.15, -0.1) is 11.3 Å². The summed E-state index contributed by atoms with van der Waals surface area (Å²) in [5.41, 5.74) is 0.873. The van der Waals surface area contributed by atoms with Crippen molar-refractivity contribution in [3.05, 3.63) is 15.8 Å². The van der Waals surface area contributed by atoms with Crippen LogP contribution in [0.4, 0.5) is 0 Å². The van der Waals surface area contributed by atoms with Crippen molar-refractivity contribution in [2.75, 3.05) is 20.1 Å². The highest BCUT2D eigenvalue weighted by molar-refractivity contribution is 7.89. The van der Waals surface area contributed by atoms with Gasteiger partial charge in [0.15, 0.2) is 0 Å². The van der Waals surface area contributed by atoms with Gasteiger partial charge in [0.05, 0.1) is 0 Å². The largest absolute Gasteiger partial charge is 0.315 e. The second kappa shape index (κ2) is 6.56. The van der Waals surface area contributed by atoms with Crippen molar-refractivity contribution in [3.63, 3.8) is 0 Å². The summed E-state index contributed by atoms with van der Waals surface area (Å²) in [6.07, 6.45) is 3.12. The van der Waals surface area contributed by atoms with Gasteiger partial charge in [0.1, 0.15) is 4.90 Å². The quantitative estimate of drug-likeness (QED) is 0.908. The van der Waals surface area contributed by atoms with Crippen molar-refractivity contribution in [1.29, 1.82) is 0 Å². The Labute approximate surface area is 126 Å². The predicted molar refractivity (Wildman–Crippen MR) is 83.6 cm³/mol. The third kappa shape index (κ3) is 3.08. The van der Waals surface area contributed by atoms with E-state index < -0.39 is 10.0 Å². The average Bonchev–Trinajstić information content (AvgIpc) is 2.81. The molecule has 2 heterocycles. The molecule has 1 aliphatic rings. The number of thiophene rings is 1. The number of nitrogens with zero attached hydrogens (tertiary/aromatic N) is 1. The molecule has 0 spiro atoms. The van der Waals surface area contributed by atoms with Gasteiger partial charge in [-0.25, -0.2) is 8.42 Å². The van der Waals surface area contributed by atoms with Crippen molar-refractivity contribution in [2.45, 2.75) is 44.6 Å². The lowest BCUT2D eigenvalue weighted by Gasteiger charge is -2.31. The Morgan fingerprint density at radius 2 is 2.05 bits per heavy atom. The highest BCUT2D eigenvalue weighted by Crippen LogP contribution is 2.32. The van der Waals surface area contributed by atoms with Gasteiger partial charge in [-0.3, -0.25) is 0 Å². The Morgan fingerprint density at radius 1 is 1.40 bits per heavy atom. The van der Waals surface area contributed by atoms with Gasteiger partial charge < -0.3 is 5.32 Å². The Balaban J connectivity index is 2.25. The molecule has 0 aliphatic carbocycles. The number of hydrogen-bond donors (Lipinski definition) is 1. The van der Waals surface area contributed by atoms with E-state index in [2.05, 4.69) is 12.2 Å². The van der Waals surface area contributed by atoms with Crippen LogP contribution in [0.3, 0.4) is 0 Å². The van der Waals surface area contributed by atoms with Crippen LogP contribution in [0.2, 0.25) is 0 Å². The molecular weight excluding hydrogens is 292 g/mol. The predicted octanol–water partition coefficient (Wildman–Crippen LogP) is 2.59. The summed E-state index contributed by atoms with van der Waals surface area (Å²) in [7, 11) is -1.48. The molecule has 0 unspecified atom stereocenters. The van der Waals surface area contributed by atoms with Crippen molar-refractivity contribution in [2.24, 2.45) is 5.92 Å². The van der Waals surface area contributed by atoms with Gasteiger partial charge in [-0.05, 0) is 43.7 Å². The fourth-order valence-corrected chi connectivity index (χ4v) is 6.05. The minimum Gasteiger partial charge on any atom is -0.315 e. The zero-order valence-corrected chi connectivity index (χ0v) is 14.1. The molecule has 6 heteroatoms. The molecule has 2 rings (SSSR count). The fraction of sp³-hybridized carbons (Fsp3) is 0.714. The topological polar surface area (TPSA) is 49.4 Å². The summed E-state index contributed by atoms with van der Waals surface area (Å²) in [5, 5.41) is 5.00. The molecule has 4 nitrogen and oxygen atoms in total. The van der Waals surface area contributed by atoms with E-state index in [-0.39, 0.29) is 0 Å². The smallest absolute Gasteiger partial charge is 0.244 e. The minimum atomic E-state index is -3.33. The Bertz CT molecular complexity index is 544. The summed E-state index contributed by atoms with van der Waals surface area (Å²) in [5.74, 6) is 0.682. The highest BCUT2D eigenvalue weighted by Gasteiger charge is 2.32. The van der Waals surface area contributed by atoms with E-state index in [0.29, 0.717) is 30.4 Å². The van der Waals surface area contributed by atoms with Gasteiger partial charge in [0.2, 0.25) is 10.0 Å². The molecule has 1 aliphatic heterocycles. The number of hydrogen-bond acceptors (Lipinski definition) is 4. The lowest BCUT2D eigenvalue weighted by Crippen LogP contribution is -2.38. The third-order valence-electron chi connectivity index (χ3n) is 4.08. The first kappa shape index (κ1) is 15.9. The van der Waals surface area contributed by atoms with E-state index in [1.807, 2.05) is 19.4 Å². The molecule has 114 valence electrons. The van der Waals surface area contributed by atoms with Gasteiger partial charge in [-0.2, -0.15) is 4.31 Å². The highest BCUT2D eigenvalue weighted by atomic mass is 32.2. The van der Waals surface area contributed by atoms with Crippen LogP contribution in [0.15, 0.2) is 10.3 Å². The van der Waals surface area contributed by atoms with Crippen LogP contribution in [-0.2, 0) is 16.6 Å². The maximum atomic E-state index is 12.9. The summed E-state index contributed by atoms with van der Waals surface area (Å²) in [4.78, 5) is 1.45. The van der Waals surface area contributed by atoms with E-state index >= 15 is 0 Å². The van der Waals surface area contributed by atoms with Crippen LogP contribution in [-0.4, -0.2) is 32.9 Å². The Kier molecular flexibility index (Phi) is 5.23. The minimum absolute atomic E-state index is 0.534. The number of sulfonamides is 1. The van der Waals surface area contributed by atoms with Crippen LogP contribution in [0.1, 0.15) is 36.6 Å². The van der Waals surface area contributed by atoms with Crippen LogP contribution < -0.4 is 5.32 Å². The molecule has 1 aromatic rings. The maximum Gasteiger partial charge on any atom is 0.244 e. The zero-order valence-electron chi connectivity index (χ0n) is 12.5. The van der Waals surface area contributed by atoms with Crippen LogP contribution in [0, 0.1) is 12.8 Å². The Morgan fingerprint density at radius 3 is 2.60 bits per heavy atom. The molecule has 0 aromatic carbocycles. The molecule has 1 aromatic heterocycles. The summed E-state index contributed by atoms with van der Waals surface area (Å²) >= 11 is 1.53. The maximum absolute atomic E-state index is 12.9. The first-order chi connectivity index (χ1) is 9.50. The molecule has 1 saturated heterocycles. The average molecular weight is 316 g/mol. The van der Waals surface area contributed by atoms with E-state index in [0.717, 1.165) is 29.7 Å². The Hall–Kier alpha value is -0.430. The molecule has 0 saturated carbocycles. The lowest BCUT2D eigenvalue weighted by atomic mass is 9.96. The molecule has 1 fully saturated rings. The number of nitrogens with one attached hydrogen (secondary N) is 1. The normalized spacial score (nSPS) is 18.6. The van der Waals surface area contributed by atoms with Gasteiger partial charge in [0.25, 0.3) is 0 Å². The van der Waals surface area contributed by atoms with Crippen molar-refractivity contribution >= 4 is 21.4 Å². The van der Waals surface area contributed by atoms with Gasteiger partial charge in [0, 0.05) is 24.5 Å². The monoisotopic (exact) mass is 316 g/mol. The number of piperidine rings is 1. The van der Waals surface area contributed by atoms with Crippen molar-refractivity contribution < 1.29 is 8.42 Å². The second-order valence-electron chi connectivity index (χ2n) is 5.46. The molecule has 0 atom stereocenters. The van der Waals surface area contributed by atoms with Crippen molar-refractivity contribution in [3.8, 4) is 0 Å². The zero-order chi connectivity index (χ0) is 14.8. The number of aryl methyl sites for hydroxylation is 1. The fourth-order valence-electron chi connectivity index (χ4n) is 2.80. The molecular formula is C14H24N2O2S2. The molecule has 0 bridgehead atoms. The third-order valence-corrected chi connectivity index (χ3v) is 7.44. The molecule has 0 radical (unpaired) electrons. The molecule has 20 heavy (non-hydrogen) atoms. The summed E-state index contributed by atoms with van der Waals surface area (Å²) in [6, 6.07) is 0. The first-order valence-electron chi connectivity index (χ1n) is 7.22. The van der Waals surface area contributed by atoms with E-state index in [9.17, 15) is 8.42 Å². The van der Waals surface area contributed by atoms with Gasteiger partial charge >= 0.3 is 0 Å². The van der Waals surface area contributed by atoms with Gasteiger partial charge in [-0.1, -0.05) is 13.3 Å². The van der Waals surface area contributed by atoms with E-state index in [4.69, 9.17) is 0 Å². The van der Waals surface area contributed by atoms with E-state index in [1.165, 1.54) is 11.3 Å². The van der Waals surface area contributed by atoms with Crippen LogP contribution in [0.25, 0.3) is 0 Å². The molecule has 0 amide bonds. The second-order valence-corrected chi connectivity index (χ2v) is 8.30. The van der Waals surface area contributed by atoms with E-state index in [1.54, 1.807) is 4.31 Å². The standard InChI is InChI=1S/C14H24N2O2S2/c1-4-12-5-7-16(8-6-12)20(17,18)14-11(2)10-19-13(14)9-15-3/h10,12,15H,4-9H2,1-3H3. The SMILES string of the molecule is CCC1CCN(S(=O)(=O)c2c(C)csc2CNC)CC1. The molecule has 1 N–H and O–H groups in total. The van der Waals surface area contributed by atoms with Crippen LogP contribution >= 0.6 is 11.3 Å².